The summed E-state index contributed by atoms with van der Waals surface area (Å²) in [5, 5.41) is 20.3. The molecule has 4 N–H and O–H groups in total. The maximum absolute atomic E-state index is 15.0. The van der Waals surface area contributed by atoms with Crippen LogP contribution in [0.4, 0.5) is 10.1 Å². The van der Waals surface area contributed by atoms with Gasteiger partial charge in [0.1, 0.15) is 29.2 Å². The number of carbonyl (C=O) groups is 1. The summed E-state index contributed by atoms with van der Waals surface area (Å²) in [6.07, 6.45) is 4.19. The Balaban J connectivity index is 1.43. The van der Waals surface area contributed by atoms with Crippen LogP contribution in [0.5, 0.6) is 5.75 Å². The Labute approximate surface area is 219 Å². The first-order chi connectivity index (χ1) is 18.4. The minimum atomic E-state index is -0.796. The molecule has 2 unspecified atom stereocenters. The van der Waals surface area contributed by atoms with Crippen molar-refractivity contribution in [1.29, 1.82) is 0 Å². The average molecular weight is 514 g/mol. The number of aliphatic imine (C=N–C) groups is 2. The van der Waals surface area contributed by atoms with Crippen LogP contribution in [0, 0.1) is 11.2 Å². The lowest BCUT2D eigenvalue weighted by Crippen LogP contribution is -2.51. The number of hydrogen-bond acceptors (Lipinski definition) is 8. The van der Waals surface area contributed by atoms with Crippen LogP contribution in [0.15, 0.2) is 86.5 Å². The molecule has 4 aliphatic heterocycles. The molecule has 10 heteroatoms. The van der Waals surface area contributed by atoms with E-state index in [2.05, 4.69) is 15.3 Å². The first-order valence-corrected chi connectivity index (χ1v) is 12.6. The predicted molar refractivity (Wildman–Crippen MR) is 145 cm³/mol. The van der Waals surface area contributed by atoms with Crippen molar-refractivity contribution in [2.75, 3.05) is 31.1 Å². The minimum absolute atomic E-state index is 0.109. The maximum Gasteiger partial charge on any atom is 0.260 e. The summed E-state index contributed by atoms with van der Waals surface area (Å²) in [6, 6.07) is 12.9. The van der Waals surface area contributed by atoms with E-state index in [1.165, 1.54) is 17.3 Å². The topological polar surface area (TPSA) is 119 Å². The first-order valence-electron chi connectivity index (χ1n) is 12.6. The molecule has 1 spiro atoms. The third kappa shape index (κ3) is 3.88. The van der Waals surface area contributed by atoms with Gasteiger partial charge in [0.2, 0.25) is 0 Å². The molecule has 38 heavy (non-hydrogen) atoms. The van der Waals surface area contributed by atoms with Crippen LogP contribution in [-0.2, 0) is 4.79 Å². The van der Waals surface area contributed by atoms with Gasteiger partial charge in [0.25, 0.3) is 5.91 Å². The normalized spacial score (nSPS) is 24.9. The molecule has 0 aliphatic carbocycles. The molecule has 2 atom stereocenters. The number of phenolic OH excluding ortho intramolecular Hbond substituents is 1. The summed E-state index contributed by atoms with van der Waals surface area (Å²) in [4.78, 5) is 24.0. The van der Waals surface area contributed by atoms with Crippen LogP contribution < -0.4 is 16.0 Å². The number of nitrogens with one attached hydrogen (secondary N) is 1. The molecule has 0 aromatic heterocycles. The number of benzene rings is 2. The number of hydrogen-bond donors (Lipinski definition) is 3. The average Bonchev–Trinajstić information content (AvgIpc) is 3.25. The van der Waals surface area contributed by atoms with Crippen molar-refractivity contribution in [3.8, 4) is 5.75 Å². The van der Waals surface area contributed by atoms with Gasteiger partial charge in [-0.25, -0.2) is 9.38 Å². The van der Waals surface area contributed by atoms with E-state index >= 15 is 4.39 Å². The van der Waals surface area contributed by atoms with Gasteiger partial charge in [0, 0.05) is 16.8 Å². The van der Waals surface area contributed by atoms with Gasteiger partial charge >= 0.3 is 0 Å². The van der Waals surface area contributed by atoms with Crippen molar-refractivity contribution in [2.45, 2.75) is 19.4 Å². The number of phenols is 1. The molecule has 4 heterocycles. The molecule has 6 rings (SSSR count). The Kier molecular flexibility index (Phi) is 5.83. The fourth-order valence-electron chi connectivity index (χ4n) is 5.67. The van der Waals surface area contributed by atoms with Gasteiger partial charge in [0.05, 0.1) is 37.1 Å². The first kappa shape index (κ1) is 24.1. The van der Waals surface area contributed by atoms with Crippen LogP contribution in [0.3, 0.4) is 0 Å². The molecular weight excluding hydrogens is 485 g/mol. The van der Waals surface area contributed by atoms with Crippen molar-refractivity contribution in [3.63, 3.8) is 0 Å². The number of hydrazone groups is 1. The third-order valence-electron chi connectivity index (χ3n) is 7.55. The fraction of sp³-hybridized carbons (Fsp3) is 0.286. The van der Waals surface area contributed by atoms with Crippen molar-refractivity contribution in [2.24, 2.45) is 26.2 Å². The predicted octanol–water partition coefficient (Wildman–Crippen LogP) is 2.55. The molecule has 9 nitrogen and oxygen atoms in total. The Bertz CT molecular complexity index is 1480. The molecule has 0 bridgehead atoms. The molecule has 4 aliphatic rings. The van der Waals surface area contributed by atoms with Crippen LogP contribution in [-0.4, -0.2) is 66.1 Å². The summed E-state index contributed by atoms with van der Waals surface area (Å²) in [7, 11) is 0. The van der Waals surface area contributed by atoms with Gasteiger partial charge in [-0.3, -0.25) is 19.7 Å². The highest BCUT2D eigenvalue weighted by molar-refractivity contribution is 6.20. The second-order valence-electron chi connectivity index (χ2n) is 10.00. The molecule has 0 fully saturated rings. The van der Waals surface area contributed by atoms with E-state index in [4.69, 9.17) is 10.8 Å². The molecule has 0 saturated carbocycles. The fourth-order valence-corrected chi connectivity index (χ4v) is 5.67. The molecule has 2 aromatic carbocycles. The van der Waals surface area contributed by atoms with Gasteiger partial charge in [-0.1, -0.05) is 29.8 Å². The van der Waals surface area contributed by atoms with Gasteiger partial charge in [-0.15, -0.1) is 0 Å². The summed E-state index contributed by atoms with van der Waals surface area (Å²) in [5.74, 6) is -0.228. The van der Waals surface area contributed by atoms with E-state index in [1.807, 2.05) is 24.1 Å². The molecule has 1 amide bonds. The van der Waals surface area contributed by atoms with Crippen LogP contribution >= 0.6 is 0 Å². The third-order valence-corrected chi connectivity index (χ3v) is 7.55. The molecule has 0 saturated heterocycles. The number of halogens is 1. The Morgan fingerprint density at radius 3 is 2.87 bits per heavy atom. The summed E-state index contributed by atoms with van der Waals surface area (Å²) >= 11 is 0. The van der Waals surface area contributed by atoms with E-state index in [0.29, 0.717) is 41.5 Å². The van der Waals surface area contributed by atoms with Gasteiger partial charge in [-0.2, -0.15) is 5.10 Å². The number of fused-ring (bicyclic) bond motifs is 1. The van der Waals surface area contributed by atoms with Crippen molar-refractivity contribution < 1.29 is 14.3 Å². The number of amides is 1. The quantitative estimate of drug-likeness (QED) is 0.581. The lowest BCUT2D eigenvalue weighted by molar-refractivity contribution is -0.115. The number of carbonyl (C=O) groups excluding carboxylic acids is 1. The highest BCUT2D eigenvalue weighted by Gasteiger charge is 2.48. The maximum atomic E-state index is 15.0. The zero-order valence-electron chi connectivity index (χ0n) is 20.9. The molecule has 2 aromatic rings. The van der Waals surface area contributed by atoms with E-state index in [0.717, 1.165) is 18.5 Å². The number of aromatic hydroxyl groups is 1. The van der Waals surface area contributed by atoms with E-state index in [-0.39, 0.29) is 29.9 Å². The Hall–Kier alpha value is -4.31. The molecule has 194 valence electrons. The van der Waals surface area contributed by atoms with E-state index < -0.39 is 11.2 Å². The Morgan fingerprint density at radius 1 is 1.24 bits per heavy atom. The highest BCUT2D eigenvalue weighted by atomic mass is 19.1. The summed E-state index contributed by atoms with van der Waals surface area (Å²) in [6.45, 7) is 3.65. The lowest BCUT2D eigenvalue weighted by atomic mass is 9.78. The number of nitrogens with two attached hydrogens (primary N) is 1. The van der Waals surface area contributed by atoms with Crippen LogP contribution in [0.2, 0.25) is 0 Å². The summed E-state index contributed by atoms with van der Waals surface area (Å²) in [5.41, 5.74) is 9.46. The zero-order valence-corrected chi connectivity index (χ0v) is 20.9. The van der Waals surface area contributed by atoms with E-state index in [1.54, 1.807) is 36.4 Å². The molecular formula is C28H28FN7O2. The van der Waals surface area contributed by atoms with Gasteiger partial charge < -0.3 is 16.2 Å². The van der Waals surface area contributed by atoms with Crippen LogP contribution in [0.25, 0.3) is 0 Å². The zero-order chi connectivity index (χ0) is 26.4. The number of anilines is 1. The second kappa shape index (κ2) is 9.21. The van der Waals surface area contributed by atoms with Gasteiger partial charge in [0.15, 0.2) is 0 Å². The smallest absolute Gasteiger partial charge is 0.260 e. The minimum Gasteiger partial charge on any atom is -0.508 e. The highest BCUT2D eigenvalue weighted by Crippen LogP contribution is 2.37. The van der Waals surface area contributed by atoms with Crippen molar-refractivity contribution in [3.05, 3.63) is 82.8 Å². The van der Waals surface area contributed by atoms with Crippen molar-refractivity contribution >= 4 is 29.5 Å². The number of nitrogens with zero attached hydrogens (tertiary/aromatic N) is 5. The largest absolute Gasteiger partial charge is 0.508 e. The monoisotopic (exact) mass is 513 g/mol. The number of para-hydroxylation sites is 1. The Morgan fingerprint density at radius 2 is 2.08 bits per heavy atom. The molecule has 0 radical (unpaired) electrons. The number of amidine groups is 1. The summed E-state index contributed by atoms with van der Waals surface area (Å²) < 4.78 is 15.0. The second-order valence-corrected chi connectivity index (χ2v) is 10.00. The van der Waals surface area contributed by atoms with E-state index in [9.17, 15) is 9.90 Å². The lowest BCUT2D eigenvalue weighted by Gasteiger charge is -2.38. The van der Waals surface area contributed by atoms with Crippen molar-refractivity contribution in [1.82, 2.24) is 10.3 Å². The van der Waals surface area contributed by atoms with Crippen LogP contribution in [0.1, 0.15) is 18.9 Å². The standard InChI is InChI=1S/C28H28FN7O2/c1-17-9-10-32-22-12-19(36(26(38)24(17)22)23-8-3-2-7-21(23)29)13-35-15-28(14-31-16-33-27(28)30)25(34-35)18-5-4-6-20(37)11-18/h2-8,11-12,16,22,32,37H,9-10,13-15H2,1H3,(H2,30,31,33). The SMILES string of the molecule is CC1=C2C(=O)N(c3ccccc3F)C(CN3CC4(CN=CN=C4N)C(c4cccc(O)c4)=N3)=CC2NCC1. The van der Waals surface area contributed by atoms with Gasteiger partial charge in [-0.05, 0) is 50.2 Å². The number of rotatable bonds is 4.